The number of amides is 1. The molecule has 2 N–H and O–H groups in total. The van der Waals surface area contributed by atoms with Gasteiger partial charge in [-0.3, -0.25) is 9.59 Å². The molecule has 1 aliphatic heterocycles. The summed E-state index contributed by atoms with van der Waals surface area (Å²) in [4.78, 5) is 34.7. The number of nitrogens with zero attached hydrogens (tertiary/aromatic N) is 4. The van der Waals surface area contributed by atoms with Gasteiger partial charge >= 0.3 is 0 Å². The van der Waals surface area contributed by atoms with E-state index in [4.69, 9.17) is 0 Å². The first-order chi connectivity index (χ1) is 12.2. The minimum absolute atomic E-state index is 0.00258. The van der Waals surface area contributed by atoms with E-state index in [0.717, 1.165) is 17.7 Å². The van der Waals surface area contributed by atoms with Crippen LogP contribution in [-0.2, 0) is 0 Å². The van der Waals surface area contributed by atoms with Crippen molar-refractivity contribution in [2.24, 2.45) is 0 Å². The zero-order valence-corrected chi connectivity index (χ0v) is 14.1. The fourth-order valence-corrected chi connectivity index (χ4v) is 3.76. The van der Waals surface area contributed by atoms with Crippen LogP contribution in [0.1, 0.15) is 35.1 Å². The Bertz CT molecular complexity index is 919. The highest BCUT2D eigenvalue weighted by atomic mass is 32.1. The number of H-pyrrole nitrogens is 2. The highest BCUT2D eigenvalue weighted by Crippen LogP contribution is 2.27. The molecule has 4 heterocycles. The smallest absolute Gasteiger partial charge is 0.276 e. The maximum atomic E-state index is 12.5. The monoisotopic (exact) mass is 356 g/mol. The summed E-state index contributed by atoms with van der Waals surface area (Å²) in [6.07, 6.45) is 3.14. The van der Waals surface area contributed by atoms with Gasteiger partial charge in [0.1, 0.15) is 5.82 Å². The highest BCUT2D eigenvalue weighted by molar-refractivity contribution is 7.13. The van der Waals surface area contributed by atoms with Crippen molar-refractivity contribution in [3.8, 4) is 10.6 Å². The minimum Gasteiger partial charge on any atom is -0.336 e. The lowest BCUT2D eigenvalue weighted by Gasteiger charge is -2.31. The number of hydrogen-bond donors (Lipinski definition) is 2. The first-order valence-electron chi connectivity index (χ1n) is 8.01. The Balaban J connectivity index is 1.59. The molecule has 8 nitrogen and oxygen atoms in total. The second-order valence-corrected chi connectivity index (χ2v) is 6.89. The van der Waals surface area contributed by atoms with E-state index in [1.54, 1.807) is 16.2 Å². The molecule has 3 aromatic rings. The third kappa shape index (κ3) is 3.22. The van der Waals surface area contributed by atoms with E-state index in [0.29, 0.717) is 30.3 Å². The summed E-state index contributed by atoms with van der Waals surface area (Å²) in [5.41, 5.74) is 0.802. The Morgan fingerprint density at radius 1 is 1.40 bits per heavy atom. The molecule has 3 aromatic heterocycles. The fraction of sp³-hybridized carbons (Fsp3) is 0.312. The predicted molar refractivity (Wildman–Crippen MR) is 92.4 cm³/mol. The SMILES string of the molecule is O=C(c1cn[nH]n1)N1CCCC(c2nc(-c3cccs3)cc(=O)[nH]2)C1. The Kier molecular flexibility index (Phi) is 4.14. The number of rotatable bonds is 3. The first-order valence-corrected chi connectivity index (χ1v) is 8.89. The summed E-state index contributed by atoms with van der Waals surface area (Å²) in [6, 6.07) is 5.38. The van der Waals surface area contributed by atoms with Crippen molar-refractivity contribution in [2.45, 2.75) is 18.8 Å². The van der Waals surface area contributed by atoms with Gasteiger partial charge in [-0.15, -0.1) is 11.3 Å². The third-order valence-corrected chi connectivity index (χ3v) is 5.16. The van der Waals surface area contributed by atoms with Crippen LogP contribution in [0.5, 0.6) is 0 Å². The van der Waals surface area contributed by atoms with Gasteiger partial charge in [0.15, 0.2) is 5.69 Å². The zero-order valence-electron chi connectivity index (χ0n) is 13.3. The van der Waals surface area contributed by atoms with Crippen molar-refractivity contribution in [1.82, 2.24) is 30.3 Å². The summed E-state index contributed by atoms with van der Waals surface area (Å²) in [6.45, 7) is 1.17. The van der Waals surface area contributed by atoms with Crippen LogP contribution in [0, 0.1) is 0 Å². The number of carbonyl (C=O) groups is 1. The number of thiophene rings is 1. The van der Waals surface area contributed by atoms with E-state index >= 15 is 0 Å². The summed E-state index contributed by atoms with van der Waals surface area (Å²) in [5.74, 6) is 0.473. The van der Waals surface area contributed by atoms with Crippen LogP contribution in [0.2, 0.25) is 0 Å². The fourth-order valence-electron chi connectivity index (χ4n) is 3.07. The van der Waals surface area contributed by atoms with Crippen LogP contribution in [0.3, 0.4) is 0 Å². The van der Waals surface area contributed by atoms with Crippen LogP contribution < -0.4 is 5.56 Å². The third-order valence-electron chi connectivity index (χ3n) is 4.26. The molecule has 1 unspecified atom stereocenters. The van der Waals surface area contributed by atoms with Crippen LogP contribution in [0.4, 0.5) is 0 Å². The maximum absolute atomic E-state index is 12.5. The Labute approximate surface area is 146 Å². The molecule has 25 heavy (non-hydrogen) atoms. The number of carbonyl (C=O) groups excluding carboxylic acids is 1. The number of nitrogens with one attached hydrogen (secondary N) is 2. The van der Waals surface area contributed by atoms with Gasteiger partial charge in [-0.25, -0.2) is 4.98 Å². The molecule has 1 atom stereocenters. The van der Waals surface area contributed by atoms with Gasteiger partial charge in [-0.05, 0) is 24.3 Å². The summed E-state index contributed by atoms with van der Waals surface area (Å²) in [7, 11) is 0. The molecule has 128 valence electrons. The van der Waals surface area contributed by atoms with Crippen molar-refractivity contribution in [3.63, 3.8) is 0 Å². The average Bonchev–Trinajstić information content (AvgIpc) is 3.34. The first kappa shape index (κ1) is 15.7. The molecule has 0 bridgehead atoms. The van der Waals surface area contributed by atoms with Crippen LogP contribution >= 0.6 is 11.3 Å². The van der Waals surface area contributed by atoms with E-state index in [2.05, 4.69) is 25.4 Å². The molecule has 0 radical (unpaired) electrons. The molecule has 1 aliphatic rings. The summed E-state index contributed by atoms with van der Waals surface area (Å²) >= 11 is 1.55. The second kappa shape index (κ2) is 6.60. The number of likely N-dealkylation sites (tertiary alicyclic amines) is 1. The molecule has 4 rings (SSSR count). The Morgan fingerprint density at radius 3 is 3.08 bits per heavy atom. The van der Waals surface area contributed by atoms with E-state index in [1.807, 2.05) is 17.5 Å². The van der Waals surface area contributed by atoms with Crippen molar-refractivity contribution < 1.29 is 4.79 Å². The normalized spacial score (nSPS) is 17.6. The van der Waals surface area contributed by atoms with Gasteiger partial charge in [0.25, 0.3) is 11.5 Å². The van der Waals surface area contributed by atoms with E-state index < -0.39 is 0 Å². The number of aromatic nitrogens is 5. The molecular weight excluding hydrogens is 340 g/mol. The topological polar surface area (TPSA) is 108 Å². The Hall–Kier alpha value is -2.81. The quantitative estimate of drug-likeness (QED) is 0.742. The lowest BCUT2D eigenvalue weighted by atomic mass is 9.96. The lowest BCUT2D eigenvalue weighted by Crippen LogP contribution is -2.40. The molecule has 0 saturated carbocycles. The van der Waals surface area contributed by atoms with Crippen molar-refractivity contribution in [2.75, 3.05) is 13.1 Å². The molecule has 9 heteroatoms. The molecule has 0 aliphatic carbocycles. The van der Waals surface area contributed by atoms with Gasteiger partial charge < -0.3 is 9.88 Å². The van der Waals surface area contributed by atoms with Crippen LogP contribution in [0.15, 0.2) is 34.6 Å². The standard InChI is InChI=1S/C16H16N6O2S/c23-14-7-11(13-4-2-6-25-13)18-15(19-14)10-3-1-5-22(9-10)16(24)12-8-17-21-20-12/h2,4,6-8,10H,1,3,5,9H2,(H,17,20,21)(H,18,19,23). The molecule has 1 fully saturated rings. The average molecular weight is 356 g/mol. The number of piperidine rings is 1. The van der Waals surface area contributed by atoms with E-state index in [9.17, 15) is 9.59 Å². The molecule has 0 aromatic carbocycles. The van der Waals surface area contributed by atoms with Gasteiger partial charge in [-0.1, -0.05) is 6.07 Å². The number of aromatic amines is 2. The molecule has 0 spiro atoms. The highest BCUT2D eigenvalue weighted by Gasteiger charge is 2.28. The summed E-state index contributed by atoms with van der Waals surface area (Å²) in [5, 5.41) is 11.9. The molecule has 1 amide bonds. The van der Waals surface area contributed by atoms with Crippen LogP contribution in [0.25, 0.3) is 10.6 Å². The van der Waals surface area contributed by atoms with Gasteiger partial charge in [0.2, 0.25) is 0 Å². The zero-order chi connectivity index (χ0) is 17.2. The van der Waals surface area contributed by atoms with Gasteiger partial charge in [0, 0.05) is 25.1 Å². The van der Waals surface area contributed by atoms with E-state index in [1.165, 1.54) is 12.3 Å². The number of hydrogen-bond acceptors (Lipinski definition) is 6. The van der Waals surface area contributed by atoms with Crippen molar-refractivity contribution >= 4 is 17.2 Å². The predicted octanol–water partition coefficient (Wildman–Crippen LogP) is 1.64. The largest absolute Gasteiger partial charge is 0.336 e. The van der Waals surface area contributed by atoms with Gasteiger partial charge in [-0.2, -0.15) is 15.4 Å². The molecule has 1 saturated heterocycles. The maximum Gasteiger partial charge on any atom is 0.276 e. The lowest BCUT2D eigenvalue weighted by molar-refractivity contribution is 0.0698. The van der Waals surface area contributed by atoms with Gasteiger partial charge in [0.05, 0.1) is 16.8 Å². The molecular formula is C16H16N6O2S. The van der Waals surface area contributed by atoms with E-state index in [-0.39, 0.29) is 17.4 Å². The minimum atomic E-state index is -0.173. The van der Waals surface area contributed by atoms with Crippen molar-refractivity contribution in [1.29, 1.82) is 0 Å². The van der Waals surface area contributed by atoms with Crippen molar-refractivity contribution in [3.05, 3.63) is 51.6 Å². The second-order valence-electron chi connectivity index (χ2n) is 5.94. The summed E-state index contributed by atoms with van der Waals surface area (Å²) < 4.78 is 0. The van der Waals surface area contributed by atoms with Crippen LogP contribution in [-0.4, -0.2) is 49.3 Å². The Morgan fingerprint density at radius 2 is 2.32 bits per heavy atom.